The highest BCUT2D eigenvalue weighted by molar-refractivity contribution is 5.76. The van der Waals surface area contributed by atoms with E-state index in [1.54, 1.807) is 19.1 Å². The van der Waals surface area contributed by atoms with E-state index in [-0.39, 0.29) is 0 Å². The molecule has 3 aromatic carbocycles. The van der Waals surface area contributed by atoms with Crippen molar-refractivity contribution in [3.8, 4) is 11.1 Å². The maximum absolute atomic E-state index is 14.0. The van der Waals surface area contributed by atoms with Crippen LogP contribution in [0.1, 0.15) is 24.0 Å². The normalized spacial score (nSPS) is 11.2. The molecule has 0 aliphatic carbocycles. The van der Waals surface area contributed by atoms with Crippen molar-refractivity contribution in [2.24, 2.45) is 5.73 Å². The molecule has 0 bridgehead atoms. The van der Waals surface area contributed by atoms with Crippen molar-refractivity contribution in [3.63, 3.8) is 0 Å². The van der Waals surface area contributed by atoms with Crippen molar-refractivity contribution in [1.29, 1.82) is 0 Å². The minimum atomic E-state index is -0.957. The topological polar surface area (TPSA) is 63.3 Å². The highest BCUT2D eigenvalue weighted by atomic mass is 19.1. The van der Waals surface area contributed by atoms with E-state index in [1.165, 1.54) is 11.6 Å². The third-order valence-electron chi connectivity index (χ3n) is 4.03. The molecule has 4 heteroatoms. The Labute approximate surface area is 152 Å². The first-order valence-corrected chi connectivity index (χ1v) is 8.34. The number of rotatable bonds is 4. The van der Waals surface area contributed by atoms with Gasteiger partial charge < -0.3 is 10.8 Å². The Kier molecular flexibility index (Phi) is 7.06. The molecule has 3 nitrogen and oxygen atoms in total. The van der Waals surface area contributed by atoms with Crippen molar-refractivity contribution in [2.75, 3.05) is 0 Å². The molecule has 0 saturated carbocycles. The van der Waals surface area contributed by atoms with Gasteiger partial charge in [0.15, 0.2) is 0 Å². The first-order chi connectivity index (χ1) is 12.5. The lowest BCUT2D eigenvalue weighted by molar-refractivity contribution is -0.138. The van der Waals surface area contributed by atoms with E-state index >= 15 is 0 Å². The van der Waals surface area contributed by atoms with Crippen LogP contribution in [0.15, 0.2) is 78.9 Å². The molecule has 0 fully saturated rings. The van der Waals surface area contributed by atoms with Crippen LogP contribution in [0.25, 0.3) is 11.1 Å². The Morgan fingerprint density at radius 1 is 1.00 bits per heavy atom. The Hall–Kier alpha value is -2.98. The number of benzene rings is 3. The summed E-state index contributed by atoms with van der Waals surface area (Å²) in [6, 6.07) is 23.7. The SMILES string of the molecule is C[C@H](C(=O)O)c1ccc(-c2ccccc2)c(F)c1.NCc1ccccc1. The maximum Gasteiger partial charge on any atom is 0.310 e. The van der Waals surface area contributed by atoms with E-state index in [0.29, 0.717) is 17.7 Å². The molecule has 0 spiro atoms. The highest BCUT2D eigenvalue weighted by Crippen LogP contribution is 2.26. The van der Waals surface area contributed by atoms with Crippen molar-refractivity contribution in [2.45, 2.75) is 19.4 Å². The van der Waals surface area contributed by atoms with E-state index in [1.807, 2.05) is 60.7 Å². The summed E-state index contributed by atoms with van der Waals surface area (Å²) in [6.07, 6.45) is 0. The first kappa shape index (κ1) is 19.3. The Morgan fingerprint density at radius 3 is 2.04 bits per heavy atom. The molecule has 0 heterocycles. The zero-order valence-corrected chi connectivity index (χ0v) is 14.6. The molecule has 0 amide bonds. The lowest BCUT2D eigenvalue weighted by Crippen LogP contribution is -2.07. The molecule has 0 aliphatic heterocycles. The zero-order valence-electron chi connectivity index (χ0n) is 14.6. The summed E-state index contributed by atoms with van der Waals surface area (Å²) in [5.74, 6) is -2.06. The number of aliphatic carboxylic acids is 1. The highest BCUT2D eigenvalue weighted by Gasteiger charge is 2.15. The largest absolute Gasteiger partial charge is 0.481 e. The van der Waals surface area contributed by atoms with E-state index < -0.39 is 17.7 Å². The fraction of sp³-hybridized carbons (Fsp3) is 0.136. The zero-order chi connectivity index (χ0) is 18.9. The lowest BCUT2D eigenvalue weighted by Gasteiger charge is -2.09. The smallest absolute Gasteiger partial charge is 0.310 e. The molecule has 0 unspecified atom stereocenters. The van der Waals surface area contributed by atoms with Gasteiger partial charge in [-0.2, -0.15) is 0 Å². The minimum absolute atomic E-state index is 0.396. The molecule has 1 atom stereocenters. The van der Waals surface area contributed by atoms with Gasteiger partial charge in [0.25, 0.3) is 0 Å². The average molecular weight is 351 g/mol. The second kappa shape index (κ2) is 9.49. The van der Waals surface area contributed by atoms with Gasteiger partial charge in [0.1, 0.15) is 5.82 Å². The molecular formula is C22H22FNO2. The van der Waals surface area contributed by atoms with Crippen molar-refractivity contribution in [3.05, 3.63) is 95.8 Å². The lowest BCUT2D eigenvalue weighted by atomic mass is 9.97. The van der Waals surface area contributed by atoms with Crippen LogP contribution in [0.4, 0.5) is 4.39 Å². The van der Waals surface area contributed by atoms with Gasteiger partial charge in [-0.3, -0.25) is 4.79 Å². The molecule has 134 valence electrons. The number of nitrogens with two attached hydrogens (primary N) is 1. The standard InChI is InChI=1S/C15H13FO2.C7H9N/c1-10(15(17)18)12-7-8-13(14(16)9-12)11-5-3-2-4-6-11;8-6-7-4-2-1-3-5-7/h2-10H,1H3,(H,17,18);1-5H,6,8H2/t10-;/m0./s1. The average Bonchev–Trinajstić information content (AvgIpc) is 2.69. The quantitative estimate of drug-likeness (QED) is 0.708. The molecule has 0 saturated heterocycles. The van der Waals surface area contributed by atoms with E-state index in [4.69, 9.17) is 10.8 Å². The second-order valence-electron chi connectivity index (χ2n) is 5.85. The van der Waals surface area contributed by atoms with Crippen LogP contribution in [-0.4, -0.2) is 11.1 Å². The van der Waals surface area contributed by atoms with Crippen LogP contribution in [0.5, 0.6) is 0 Å². The van der Waals surface area contributed by atoms with Gasteiger partial charge in [-0.05, 0) is 29.7 Å². The van der Waals surface area contributed by atoms with Gasteiger partial charge in [0, 0.05) is 12.1 Å². The van der Waals surface area contributed by atoms with Crippen LogP contribution < -0.4 is 5.73 Å². The number of hydrogen-bond donors (Lipinski definition) is 2. The third-order valence-corrected chi connectivity index (χ3v) is 4.03. The Bertz CT molecular complexity index is 835. The first-order valence-electron chi connectivity index (χ1n) is 8.34. The third kappa shape index (κ3) is 5.26. The van der Waals surface area contributed by atoms with Gasteiger partial charge >= 0.3 is 5.97 Å². The van der Waals surface area contributed by atoms with Crippen molar-refractivity contribution >= 4 is 5.97 Å². The summed E-state index contributed by atoms with van der Waals surface area (Å²) in [7, 11) is 0. The van der Waals surface area contributed by atoms with Gasteiger partial charge in [0.2, 0.25) is 0 Å². The molecule has 26 heavy (non-hydrogen) atoms. The van der Waals surface area contributed by atoms with E-state index in [2.05, 4.69) is 0 Å². The fourth-order valence-corrected chi connectivity index (χ4v) is 2.41. The van der Waals surface area contributed by atoms with Crippen LogP contribution in [0, 0.1) is 5.82 Å². The maximum atomic E-state index is 14.0. The summed E-state index contributed by atoms with van der Waals surface area (Å²) in [6.45, 7) is 2.18. The number of hydrogen-bond acceptors (Lipinski definition) is 2. The number of halogens is 1. The predicted octanol–water partition coefficient (Wildman–Crippen LogP) is 4.83. The van der Waals surface area contributed by atoms with E-state index in [0.717, 1.165) is 5.56 Å². The van der Waals surface area contributed by atoms with Crippen molar-refractivity contribution < 1.29 is 14.3 Å². The number of carboxylic acid groups (broad SMARTS) is 1. The Morgan fingerprint density at radius 2 is 1.58 bits per heavy atom. The molecule has 0 radical (unpaired) electrons. The summed E-state index contributed by atoms with van der Waals surface area (Å²) < 4.78 is 14.0. The number of carboxylic acids is 1. The van der Waals surface area contributed by atoms with E-state index in [9.17, 15) is 9.18 Å². The summed E-state index contributed by atoms with van der Waals surface area (Å²) in [4.78, 5) is 10.8. The second-order valence-corrected chi connectivity index (χ2v) is 5.85. The van der Waals surface area contributed by atoms with Crippen LogP contribution in [0.3, 0.4) is 0 Å². The van der Waals surface area contributed by atoms with Crippen molar-refractivity contribution in [1.82, 2.24) is 0 Å². The summed E-state index contributed by atoms with van der Waals surface area (Å²) >= 11 is 0. The molecule has 0 aliphatic rings. The van der Waals surface area contributed by atoms with Crippen LogP contribution >= 0.6 is 0 Å². The molecule has 3 N–H and O–H groups in total. The number of carbonyl (C=O) groups is 1. The van der Waals surface area contributed by atoms with Gasteiger partial charge in [0.05, 0.1) is 5.92 Å². The monoisotopic (exact) mass is 351 g/mol. The minimum Gasteiger partial charge on any atom is -0.481 e. The van der Waals surface area contributed by atoms with Crippen LogP contribution in [-0.2, 0) is 11.3 Å². The van der Waals surface area contributed by atoms with Gasteiger partial charge in [-0.15, -0.1) is 0 Å². The summed E-state index contributed by atoms with van der Waals surface area (Å²) in [5.41, 5.74) is 8.27. The molecule has 3 rings (SSSR count). The van der Waals surface area contributed by atoms with Gasteiger partial charge in [-0.25, -0.2) is 4.39 Å². The summed E-state index contributed by atoms with van der Waals surface area (Å²) in [5, 5.41) is 8.89. The van der Waals surface area contributed by atoms with Gasteiger partial charge in [-0.1, -0.05) is 72.8 Å². The van der Waals surface area contributed by atoms with Crippen LogP contribution in [0.2, 0.25) is 0 Å². The molecular weight excluding hydrogens is 329 g/mol. The Balaban J connectivity index is 0.000000254. The fourth-order valence-electron chi connectivity index (χ4n) is 2.41. The predicted molar refractivity (Wildman–Crippen MR) is 102 cm³/mol. The molecule has 3 aromatic rings. The molecule has 0 aromatic heterocycles.